The monoisotopic (exact) mass is 475 g/mol. The second-order valence-electron chi connectivity index (χ2n) is 7.97. The molecule has 2 aromatic carbocycles. The minimum absolute atomic E-state index is 0.0773. The van der Waals surface area contributed by atoms with Gasteiger partial charge in [0.15, 0.2) is 5.82 Å². The summed E-state index contributed by atoms with van der Waals surface area (Å²) in [7, 11) is 1.57. The zero-order valence-electron chi connectivity index (χ0n) is 18.4. The number of methoxy groups -OCH3 is 1. The third kappa shape index (κ3) is 5.41. The van der Waals surface area contributed by atoms with Crippen molar-refractivity contribution in [3.8, 4) is 17.1 Å². The number of alkyl halides is 3. The van der Waals surface area contributed by atoms with Crippen LogP contribution in [-0.4, -0.2) is 34.0 Å². The van der Waals surface area contributed by atoms with Crippen molar-refractivity contribution in [2.75, 3.05) is 13.7 Å². The number of hydrogen-bond donors (Lipinski definition) is 2. The van der Waals surface area contributed by atoms with Crippen molar-refractivity contribution < 1.29 is 22.7 Å². The molecule has 0 saturated heterocycles. The predicted octanol–water partition coefficient (Wildman–Crippen LogP) is 3.57. The van der Waals surface area contributed by atoms with Crippen LogP contribution >= 0.6 is 0 Å². The van der Waals surface area contributed by atoms with E-state index in [2.05, 4.69) is 15.7 Å². The highest BCUT2D eigenvalue weighted by molar-refractivity contribution is 5.73. The van der Waals surface area contributed by atoms with Crippen molar-refractivity contribution in [3.05, 3.63) is 70.1 Å². The van der Waals surface area contributed by atoms with Gasteiger partial charge in [-0.25, -0.2) is 14.3 Å². The number of nitrogens with zero attached hydrogens (tertiary/aromatic N) is 3. The molecule has 0 bridgehead atoms. The van der Waals surface area contributed by atoms with Gasteiger partial charge in [0.2, 0.25) is 0 Å². The third-order valence-corrected chi connectivity index (χ3v) is 5.45. The molecule has 180 valence electrons. The van der Waals surface area contributed by atoms with E-state index >= 15 is 0 Å². The maximum absolute atomic E-state index is 13.1. The molecule has 0 atom stereocenters. The molecule has 1 aliphatic rings. The van der Waals surface area contributed by atoms with Crippen LogP contribution in [0.1, 0.15) is 30.0 Å². The number of halogens is 3. The van der Waals surface area contributed by atoms with E-state index in [9.17, 15) is 22.8 Å². The largest absolute Gasteiger partial charge is 0.497 e. The minimum atomic E-state index is -4.49. The van der Waals surface area contributed by atoms with Gasteiger partial charge in [-0.2, -0.15) is 13.2 Å². The van der Waals surface area contributed by atoms with Crippen LogP contribution in [0.4, 0.5) is 18.0 Å². The Balaban J connectivity index is 1.40. The molecule has 3 aromatic rings. The lowest BCUT2D eigenvalue weighted by atomic mass is 10.1. The summed E-state index contributed by atoms with van der Waals surface area (Å²) in [4.78, 5) is 25.0. The highest BCUT2D eigenvalue weighted by Crippen LogP contribution is 2.37. The van der Waals surface area contributed by atoms with Crippen molar-refractivity contribution in [1.82, 2.24) is 25.0 Å². The van der Waals surface area contributed by atoms with E-state index in [1.165, 1.54) is 21.4 Å². The lowest BCUT2D eigenvalue weighted by molar-refractivity contribution is -0.137. The molecule has 1 aromatic heterocycles. The number of carbonyl (C=O) groups is 1. The highest BCUT2D eigenvalue weighted by atomic mass is 19.4. The lowest BCUT2D eigenvalue weighted by Gasteiger charge is -2.09. The van der Waals surface area contributed by atoms with E-state index in [4.69, 9.17) is 4.74 Å². The predicted molar refractivity (Wildman–Crippen MR) is 118 cm³/mol. The second-order valence-corrected chi connectivity index (χ2v) is 7.97. The van der Waals surface area contributed by atoms with Gasteiger partial charge in [-0.15, -0.1) is 5.10 Å². The number of carbonyl (C=O) groups excluding carboxylic acids is 1. The van der Waals surface area contributed by atoms with Crippen LogP contribution in [0.15, 0.2) is 53.3 Å². The summed E-state index contributed by atoms with van der Waals surface area (Å²) in [6, 6.07) is 11.5. The first-order valence-corrected chi connectivity index (χ1v) is 10.8. The van der Waals surface area contributed by atoms with Gasteiger partial charge in [0, 0.05) is 24.7 Å². The van der Waals surface area contributed by atoms with Gasteiger partial charge in [0.05, 0.1) is 19.2 Å². The summed E-state index contributed by atoms with van der Waals surface area (Å²) in [6.45, 7) is 0.518. The van der Waals surface area contributed by atoms with Crippen molar-refractivity contribution >= 4 is 6.03 Å². The molecule has 0 spiro atoms. The van der Waals surface area contributed by atoms with Crippen molar-refractivity contribution in [3.63, 3.8) is 0 Å². The first kappa shape index (κ1) is 23.4. The van der Waals surface area contributed by atoms with E-state index in [1.807, 2.05) is 12.1 Å². The van der Waals surface area contributed by atoms with Gasteiger partial charge in [-0.05, 0) is 42.7 Å². The van der Waals surface area contributed by atoms with Crippen LogP contribution in [0, 0.1) is 0 Å². The van der Waals surface area contributed by atoms with Gasteiger partial charge in [-0.3, -0.25) is 4.57 Å². The summed E-state index contributed by atoms with van der Waals surface area (Å²) >= 11 is 0. The quantitative estimate of drug-likeness (QED) is 0.521. The smallest absolute Gasteiger partial charge is 0.416 e. The Hall–Kier alpha value is -3.76. The van der Waals surface area contributed by atoms with Gasteiger partial charge in [0.25, 0.3) is 0 Å². The first-order chi connectivity index (χ1) is 16.3. The third-order valence-electron chi connectivity index (χ3n) is 5.45. The molecule has 4 rings (SSSR count). The standard InChI is InChI=1S/C23H24F3N5O3/c1-34-19-9-5-15(6-10-19)14-28-21(32)27-11-12-30-22(33)31(18-7-8-18)20(29-30)16-3-2-4-17(13-16)23(24,25)26/h2-6,9-10,13,18H,7-8,11-12,14H2,1H3,(H2,27,28,32). The summed E-state index contributed by atoms with van der Waals surface area (Å²) in [5.74, 6) is 0.913. The molecule has 0 unspecified atom stereocenters. The highest BCUT2D eigenvalue weighted by Gasteiger charge is 2.33. The van der Waals surface area contributed by atoms with Crippen LogP contribution in [0.25, 0.3) is 11.4 Å². The zero-order chi connectivity index (χ0) is 24.3. The van der Waals surface area contributed by atoms with Gasteiger partial charge in [0.1, 0.15) is 5.75 Å². The van der Waals surface area contributed by atoms with Crippen LogP contribution in [-0.2, 0) is 19.3 Å². The zero-order valence-corrected chi connectivity index (χ0v) is 18.4. The van der Waals surface area contributed by atoms with Crippen molar-refractivity contribution in [2.45, 2.75) is 38.1 Å². The lowest BCUT2D eigenvalue weighted by Crippen LogP contribution is -2.38. The van der Waals surface area contributed by atoms with Crippen molar-refractivity contribution in [1.29, 1.82) is 0 Å². The fourth-order valence-electron chi connectivity index (χ4n) is 3.52. The molecule has 0 radical (unpaired) electrons. The van der Waals surface area contributed by atoms with Crippen LogP contribution < -0.4 is 21.1 Å². The topological polar surface area (TPSA) is 90.2 Å². The van der Waals surface area contributed by atoms with E-state index in [1.54, 1.807) is 19.2 Å². The number of nitrogens with one attached hydrogen (secondary N) is 2. The maximum Gasteiger partial charge on any atom is 0.416 e. The summed E-state index contributed by atoms with van der Waals surface area (Å²) in [6.07, 6.45) is -2.96. The fraction of sp³-hybridized carbons (Fsp3) is 0.348. The molecule has 2 amide bonds. The summed E-state index contributed by atoms with van der Waals surface area (Å²) in [5.41, 5.74) is -0.0938. The van der Waals surface area contributed by atoms with Crippen molar-refractivity contribution in [2.24, 2.45) is 0 Å². The van der Waals surface area contributed by atoms with Gasteiger partial charge < -0.3 is 15.4 Å². The Kier molecular flexibility index (Phi) is 6.62. The van der Waals surface area contributed by atoms with Crippen LogP contribution in [0.2, 0.25) is 0 Å². The number of urea groups is 1. The van der Waals surface area contributed by atoms with Gasteiger partial charge >= 0.3 is 17.9 Å². The number of benzene rings is 2. The Bertz CT molecular complexity index is 1210. The summed E-state index contributed by atoms with van der Waals surface area (Å²) in [5, 5.41) is 9.67. The van der Waals surface area contributed by atoms with E-state index in [-0.39, 0.29) is 30.5 Å². The number of hydrogen-bond acceptors (Lipinski definition) is 4. The van der Waals surface area contributed by atoms with Crippen LogP contribution in [0.3, 0.4) is 0 Å². The molecule has 2 N–H and O–H groups in total. The Morgan fingerprint density at radius 3 is 2.53 bits per heavy atom. The second kappa shape index (κ2) is 9.62. The Morgan fingerprint density at radius 2 is 1.88 bits per heavy atom. The normalized spacial score (nSPS) is 13.5. The first-order valence-electron chi connectivity index (χ1n) is 10.8. The Labute approximate surface area is 193 Å². The number of aromatic nitrogens is 3. The number of amides is 2. The molecule has 8 nitrogen and oxygen atoms in total. The summed E-state index contributed by atoms with van der Waals surface area (Å²) < 4.78 is 47.1. The maximum atomic E-state index is 13.1. The SMILES string of the molecule is COc1ccc(CNC(=O)NCCn2nc(-c3cccc(C(F)(F)F)c3)n(C3CC3)c2=O)cc1. The molecule has 11 heteroatoms. The molecule has 0 aliphatic heterocycles. The number of ether oxygens (including phenoxy) is 1. The van der Waals surface area contributed by atoms with E-state index < -0.39 is 23.5 Å². The van der Waals surface area contributed by atoms with Crippen LogP contribution in [0.5, 0.6) is 5.75 Å². The fourth-order valence-corrected chi connectivity index (χ4v) is 3.52. The molecular weight excluding hydrogens is 451 g/mol. The average molecular weight is 475 g/mol. The molecular formula is C23H24F3N5O3. The minimum Gasteiger partial charge on any atom is -0.497 e. The average Bonchev–Trinajstić information content (AvgIpc) is 3.61. The van der Waals surface area contributed by atoms with E-state index in [0.717, 1.165) is 30.5 Å². The molecule has 1 heterocycles. The van der Waals surface area contributed by atoms with E-state index in [0.29, 0.717) is 12.3 Å². The molecule has 1 aliphatic carbocycles. The van der Waals surface area contributed by atoms with Gasteiger partial charge in [-0.1, -0.05) is 24.3 Å². The molecule has 1 fully saturated rings. The molecule has 1 saturated carbocycles. The Morgan fingerprint density at radius 1 is 1.15 bits per heavy atom. The molecule has 34 heavy (non-hydrogen) atoms. The number of rotatable bonds is 8.